The van der Waals surface area contributed by atoms with E-state index < -0.39 is 86.1 Å². The zero-order valence-corrected chi connectivity index (χ0v) is 23.1. The number of nitrogens with one attached hydrogen (secondary N) is 2. The van der Waals surface area contributed by atoms with Gasteiger partial charge in [0.05, 0.1) is 13.2 Å². The van der Waals surface area contributed by atoms with Crippen LogP contribution in [0.5, 0.6) is 0 Å². The van der Waals surface area contributed by atoms with Crippen LogP contribution in [-0.4, -0.2) is 128 Å². The maximum Gasteiger partial charge on any atom is 0.251 e. The Morgan fingerprint density at radius 1 is 0.605 bits per heavy atom. The van der Waals surface area contributed by atoms with Crippen molar-refractivity contribution in [3.05, 3.63) is 70.8 Å². The van der Waals surface area contributed by atoms with E-state index in [4.69, 9.17) is 9.47 Å². The lowest BCUT2D eigenvalue weighted by molar-refractivity contribution is -0.231. The minimum Gasteiger partial charge on any atom is -0.394 e. The van der Waals surface area contributed by atoms with Crippen LogP contribution in [-0.2, 0) is 9.47 Å². The number of amides is 2. The van der Waals surface area contributed by atoms with E-state index in [1.807, 2.05) is 0 Å². The molecule has 4 rings (SSSR count). The molecular formula is C29H38N2O12. The van der Waals surface area contributed by atoms with E-state index in [2.05, 4.69) is 10.6 Å². The lowest BCUT2D eigenvalue weighted by atomic mass is 9.90. The largest absolute Gasteiger partial charge is 0.394 e. The van der Waals surface area contributed by atoms with Gasteiger partial charge in [-0.25, -0.2) is 0 Å². The summed E-state index contributed by atoms with van der Waals surface area (Å²) in [6, 6.07) is 12.4. The van der Waals surface area contributed by atoms with Crippen LogP contribution < -0.4 is 10.6 Å². The zero-order chi connectivity index (χ0) is 31.3. The minimum atomic E-state index is -1.54. The van der Waals surface area contributed by atoms with E-state index >= 15 is 0 Å². The molecule has 2 amide bonds. The maximum atomic E-state index is 12.7. The van der Waals surface area contributed by atoms with E-state index in [0.717, 1.165) is 0 Å². The maximum absolute atomic E-state index is 12.7. The molecule has 2 aromatic carbocycles. The summed E-state index contributed by atoms with van der Waals surface area (Å²) in [7, 11) is 0. The highest BCUT2D eigenvalue weighted by molar-refractivity contribution is 5.95. The first-order chi connectivity index (χ1) is 20.6. The summed E-state index contributed by atoms with van der Waals surface area (Å²) in [6.07, 6.45) is -12.9. The molecule has 0 aliphatic carbocycles. The molecule has 0 radical (unpaired) electrons. The molecule has 10 atom stereocenters. The molecule has 2 aliphatic rings. The molecule has 0 aromatic heterocycles. The fourth-order valence-electron chi connectivity index (χ4n) is 5.16. The molecule has 0 bridgehead atoms. The van der Waals surface area contributed by atoms with Gasteiger partial charge in [-0.2, -0.15) is 0 Å². The summed E-state index contributed by atoms with van der Waals surface area (Å²) in [5.74, 6) is -0.852. The Bertz CT molecular complexity index is 1150. The van der Waals surface area contributed by atoms with E-state index in [1.54, 1.807) is 36.4 Å². The predicted octanol–water partition coefficient (Wildman–Crippen LogP) is -2.73. The third-order valence-corrected chi connectivity index (χ3v) is 7.66. The second-order valence-corrected chi connectivity index (χ2v) is 10.6. The highest BCUT2D eigenvalue weighted by Gasteiger charge is 2.45. The fraction of sp³-hybridized carbons (Fsp3) is 0.517. The Kier molecular flexibility index (Phi) is 11.2. The van der Waals surface area contributed by atoms with Crippen molar-refractivity contribution in [2.45, 2.75) is 67.5 Å². The standard InChI is InChI=1S/C29H38N2O12/c32-12-18-20(34)22(36)24(38)26(42-18)14-4-1-6-16(10-14)28(40)30-8-3-9-31-29(41)17-7-2-5-15(11-17)27-25(39)23(37)21(35)19(13-33)43-27/h1-2,4-7,10-11,18-27,32-39H,3,8-9,12-13H2,(H,30,40)(H,31,41)/t18-,19-,20-,21-,22+,23+,24+,25?,26-,27-/m1/s1. The van der Waals surface area contributed by atoms with Gasteiger partial charge in [-0.05, 0) is 41.8 Å². The number of carbonyl (C=O) groups is 2. The van der Waals surface area contributed by atoms with Gasteiger partial charge in [-0.3, -0.25) is 9.59 Å². The smallest absolute Gasteiger partial charge is 0.251 e. The van der Waals surface area contributed by atoms with Gasteiger partial charge in [-0.1, -0.05) is 24.3 Å². The Morgan fingerprint density at radius 3 is 1.37 bits per heavy atom. The predicted molar refractivity (Wildman–Crippen MR) is 148 cm³/mol. The number of benzene rings is 2. The van der Waals surface area contributed by atoms with Crippen LogP contribution in [0.4, 0.5) is 0 Å². The van der Waals surface area contributed by atoms with Gasteiger partial charge in [0.15, 0.2) is 0 Å². The molecule has 14 heteroatoms. The molecule has 14 nitrogen and oxygen atoms in total. The van der Waals surface area contributed by atoms with E-state index in [1.165, 1.54) is 12.1 Å². The molecule has 236 valence electrons. The monoisotopic (exact) mass is 606 g/mol. The first-order valence-corrected chi connectivity index (χ1v) is 13.9. The first kappa shape index (κ1) is 32.9. The van der Waals surface area contributed by atoms with Crippen LogP contribution in [0.25, 0.3) is 0 Å². The van der Waals surface area contributed by atoms with Crippen molar-refractivity contribution >= 4 is 11.8 Å². The van der Waals surface area contributed by atoms with Gasteiger partial charge >= 0.3 is 0 Å². The van der Waals surface area contributed by atoms with Gasteiger partial charge in [0, 0.05) is 24.2 Å². The van der Waals surface area contributed by atoms with E-state index in [-0.39, 0.29) is 24.2 Å². The number of aliphatic hydroxyl groups excluding tert-OH is 8. The van der Waals surface area contributed by atoms with Crippen molar-refractivity contribution in [3.63, 3.8) is 0 Å². The Balaban J connectivity index is 1.27. The van der Waals surface area contributed by atoms with Crippen molar-refractivity contribution in [3.8, 4) is 0 Å². The lowest BCUT2D eigenvalue weighted by Gasteiger charge is -2.40. The number of carbonyl (C=O) groups excluding carboxylic acids is 2. The number of ether oxygens (including phenoxy) is 2. The lowest BCUT2D eigenvalue weighted by Crippen LogP contribution is -2.55. The van der Waals surface area contributed by atoms with E-state index in [0.29, 0.717) is 17.5 Å². The zero-order valence-electron chi connectivity index (χ0n) is 23.1. The topological polar surface area (TPSA) is 238 Å². The molecule has 2 aromatic rings. The molecule has 2 aliphatic heterocycles. The van der Waals surface area contributed by atoms with Crippen LogP contribution in [0, 0.1) is 0 Å². The van der Waals surface area contributed by atoms with Gasteiger partial charge < -0.3 is 61.0 Å². The molecular weight excluding hydrogens is 568 g/mol. The van der Waals surface area contributed by atoms with Crippen molar-refractivity contribution < 1.29 is 59.9 Å². The van der Waals surface area contributed by atoms with Gasteiger partial charge in [0.25, 0.3) is 11.8 Å². The molecule has 1 unspecified atom stereocenters. The molecule has 10 N–H and O–H groups in total. The third kappa shape index (κ3) is 7.38. The molecule has 0 saturated carbocycles. The van der Waals surface area contributed by atoms with Crippen molar-refractivity contribution in [2.75, 3.05) is 26.3 Å². The highest BCUT2D eigenvalue weighted by Crippen LogP contribution is 2.34. The molecule has 2 fully saturated rings. The average Bonchev–Trinajstić information content (AvgIpc) is 3.02. The van der Waals surface area contributed by atoms with Crippen LogP contribution >= 0.6 is 0 Å². The van der Waals surface area contributed by atoms with Crippen molar-refractivity contribution in [1.29, 1.82) is 0 Å². The SMILES string of the molecule is O=C(NCCCNC(=O)c1cccc([C@H]2O[C@H](CO)[C@@H](O)[C@H](O)[C@@H]2O)c1)c1cccc([C@H]2O[C@H](CO)[C@@H](O)[C@H](O)C2O)c1. The third-order valence-electron chi connectivity index (χ3n) is 7.66. The summed E-state index contributed by atoms with van der Waals surface area (Å²) in [4.78, 5) is 25.4. The molecule has 2 saturated heterocycles. The van der Waals surface area contributed by atoms with Gasteiger partial charge in [0.1, 0.15) is 61.0 Å². The Morgan fingerprint density at radius 2 is 1.00 bits per heavy atom. The second kappa shape index (κ2) is 14.6. The van der Waals surface area contributed by atoms with Crippen molar-refractivity contribution in [2.24, 2.45) is 0 Å². The molecule has 0 spiro atoms. The number of aliphatic hydroxyl groups is 8. The van der Waals surface area contributed by atoms with Crippen LogP contribution in [0.1, 0.15) is 50.5 Å². The average molecular weight is 607 g/mol. The van der Waals surface area contributed by atoms with Crippen LogP contribution in [0.3, 0.4) is 0 Å². The Hall–Kier alpha value is -3.02. The summed E-state index contributed by atoms with van der Waals surface area (Å²) >= 11 is 0. The number of rotatable bonds is 10. The van der Waals surface area contributed by atoms with Crippen LogP contribution in [0.2, 0.25) is 0 Å². The second-order valence-electron chi connectivity index (χ2n) is 10.6. The molecule has 2 heterocycles. The molecule has 43 heavy (non-hydrogen) atoms. The van der Waals surface area contributed by atoms with Gasteiger partial charge in [-0.15, -0.1) is 0 Å². The number of hydrogen-bond donors (Lipinski definition) is 10. The Labute approximate surface area is 247 Å². The van der Waals surface area contributed by atoms with Crippen molar-refractivity contribution in [1.82, 2.24) is 10.6 Å². The first-order valence-electron chi connectivity index (χ1n) is 13.9. The quantitative estimate of drug-likeness (QED) is 0.124. The summed E-state index contributed by atoms with van der Waals surface area (Å²) in [5, 5.41) is 85.1. The minimum absolute atomic E-state index is 0.217. The van der Waals surface area contributed by atoms with E-state index in [9.17, 15) is 50.4 Å². The summed E-state index contributed by atoms with van der Waals surface area (Å²) in [6.45, 7) is -0.702. The normalized spacial score (nSPS) is 32.7. The van der Waals surface area contributed by atoms with Gasteiger partial charge in [0.2, 0.25) is 0 Å². The summed E-state index contributed by atoms with van der Waals surface area (Å²) < 4.78 is 11.1. The van der Waals surface area contributed by atoms with Crippen LogP contribution in [0.15, 0.2) is 48.5 Å². The number of hydrogen-bond acceptors (Lipinski definition) is 12. The highest BCUT2D eigenvalue weighted by atomic mass is 16.6. The summed E-state index contributed by atoms with van der Waals surface area (Å²) in [5.41, 5.74) is 1.26. The fourth-order valence-corrected chi connectivity index (χ4v) is 5.16.